The van der Waals surface area contributed by atoms with Crippen molar-refractivity contribution >= 4 is 0 Å². The average Bonchev–Trinajstić information content (AvgIpc) is 2.82. The van der Waals surface area contributed by atoms with Crippen molar-refractivity contribution in [3.8, 4) is 23.7 Å². The number of hydrogen-bond donors (Lipinski definition) is 0. The largest absolute Gasteiger partial charge is 0.207 e. The van der Waals surface area contributed by atoms with Crippen LogP contribution < -0.4 is 0 Å². The van der Waals surface area contributed by atoms with Crippen molar-refractivity contribution in [2.75, 3.05) is 0 Å². The molecule has 0 heterocycles. The van der Waals surface area contributed by atoms with Gasteiger partial charge in [-0.3, -0.25) is 0 Å². The SMILES string of the molecule is CCCCCCc1ccc(C#Cc2ccc(C#Cc3ccc(CCC)c(F)c3)c(F)c2)cc1. The van der Waals surface area contributed by atoms with Crippen LogP contribution in [0, 0.1) is 35.3 Å². The van der Waals surface area contributed by atoms with Gasteiger partial charge in [0.25, 0.3) is 0 Å². The molecule has 0 aliphatic carbocycles. The fraction of sp³-hybridized carbons (Fsp3) is 0.290. The quantitative estimate of drug-likeness (QED) is 0.259. The number of aryl methyl sites for hydroxylation is 2. The van der Waals surface area contributed by atoms with Gasteiger partial charge in [-0.25, -0.2) is 8.78 Å². The van der Waals surface area contributed by atoms with Crippen LogP contribution in [0.4, 0.5) is 8.78 Å². The molecule has 0 atom stereocenters. The molecule has 0 amide bonds. The molecular formula is C31H30F2. The summed E-state index contributed by atoms with van der Waals surface area (Å²) in [6, 6.07) is 18.0. The minimum atomic E-state index is -0.431. The van der Waals surface area contributed by atoms with Crippen LogP contribution >= 0.6 is 0 Å². The lowest BCUT2D eigenvalue weighted by molar-refractivity contribution is 0.607. The van der Waals surface area contributed by atoms with Gasteiger partial charge in [-0.1, -0.05) is 81.4 Å². The van der Waals surface area contributed by atoms with Crippen LogP contribution in [0.5, 0.6) is 0 Å². The molecule has 168 valence electrons. The van der Waals surface area contributed by atoms with Gasteiger partial charge in [-0.05, 0) is 72.9 Å². The third kappa shape index (κ3) is 7.62. The molecule has 3 rings (SSSR count). The van der Waals surface area contributed by atoms with E-state index in [0.717, 1.165) is 18.4 Å². The molecule has 0 bridgehead atoms. The standard InChI is InChI=1S/C31H30F2/c1-3-5-6-7-9-24-10-12-25(13-11-24)14-15-26-17-20-29(31(33)22-26)21-18-27-16-19-28(8-4-2)30(32)23-27/h10-13,16-17,19-20,22-23H,3-9H2,1-2H3. The monoisotopic (exact) mass is 440 g/mol. The zero-order chi connectivity index (χ0) is 23.5. The Morgan fingerprint density at radius 3 is 1.88 bits per heavy atom. The van der Waals surface area contributed by atoms with Crippen molar-refractivity contribution in [1.82, 2.24) is 0 Å². The lowest BCUT2D eigenvalue weighted by atomic mass is 10.0. The van der Waals surface area contributed by atoms with E-state index in [4.69, 9.17) is 0 Å². The normalized spacial score (nSPS) is 10.2. The average molecular weight is 441 g/mol. The Hall–Kier alpha value is -3.36. The minimum absolute atomic E-state index is 0.265. The van der Waals surface area contributed by atoms with Crippen molar-refractivity contribution < 1.29 is 8.78 Å². The molecule has 0 fully saturated rings. The molecule has 33 heavy (non-hydrogen) atoms. The van der Waals surface area contributed by atoms with Gasteiger partial charge in [0.2, 0.25) is 0 Å². The number of hydrogen-bond acceptors (Lipinski definition) is 0. The summed E-state index contributed by atoms with van der Waals surface area (Å²) in [6.07, 6.45) is 7.69. The Balaban J connectivity index is 1.65. The summed E-state index contributed by atoms with van der Waals surface area (Å²) in [7, 11) is 0. The molecule has 0 unspecified atom stereocenters. The van der Waals surface area contributed by atoms with Crippen LogP contribution in [0.1, 0.15) is 79.3 Å². The third-order valence-corrected chi connectivity index (χ3v) is 5.51. The van der Waals surface area contributed by atoms with Gasteiger partial charge in [-0.2, -0.15) is 0 Å². The highest BCUT2D eigenvalue weighted by Gasteiger charge is 2.03. The van der Waals surface area contributed by atoms with E-state index < -0.39 is 5.82 Å². The van der Waals surface area contributed by atoms with Crippen LogP contribution in [0.15, 0.2) is 60.7 Å². The van der Waals surface area contributed by atoms with Crippen LogP contribution in [0.2, 0.25) is 0 Å². The maximum Gasteiger partial charge on any atom is 0.140 e. The fourth-order valence-corrected chi connectivity index (χ4v) is 3.59. The smallest absolute Gasteiger partial charge is 0.140 e. The molecule has 0 aromatic heterocycles. The van der Waals surface area contributed by atoms with Gasteiger partial charge in [0.05, 0.1) is 5.56 Å². The molecule has 3 aromatic carbocycles. The van der Waals surface area contributed by atoms with Crippen molar-refractivity contribution in [2.45, 2.75) is 58.8 Å². The molecule has 0 saturated carbocycles. The minimum Gasteiger partial charge on any atom is -0.207 e. The van der Waals surface area contributed by atoms with Gasteiger partial charge in [0.15, 0.2) is 0 Å². The molecule has 0 aliphatic rings. The van der Waals surface area contributed by atoms with Crippen molar-refractivity contribution in [3.63, 3.8) is 0 Å². The number of benzene rings is 3. The van der Waals surface area contributed by atoms with E-state index in [1.165, 1.54) is 43.4 Å². The second-order valence-electron chi connectivity index (χ2n) is 8.26. The van der Waals surface area contributed by atoms with Crippen molar-refractivity contribution in [3.05, 3.63) is 106 Å². The molecule has 0 spiro atoms. The molecule has 2 heteroatoms. The predicted octanol–water partition coefficient (Wildman–Crippen LogP) is 7.84. The summed E-state index contributed by atoms with van der Waals surface area (Å²) >= 11 is 0. The molecule has 0 radical (unpaired) electrons. The Morgan fingerprint density at radius 2 is 1.21 bits per heavy atom. The Kier molecular flexibility index (Phi) is 9.29. The Labute approximate surface area is 197 Å². The van der Waals surface area contributed by atoms with E-state index in [1.807, 2.05) is 19.1 Å². The lowest BCUT2D eigenvalue weighted by Crippen LogP contribution is -1.91. The summed E-state index contributed by atoms with van der Waals surface area (Å²) < 4.78 is 28.6. The maximum atomic E-state index is 14.5. The first-order valence-corrected chi connectivity index (χ1v) is 11.8. The van der Waals surface area contributed by atoms with E-state index in [0.29, 0.717) is 23.1 Å². The number of unbranched alkanes of at least 4 members (excludes halogenated alkanes) is 3. The zero-order valence-electron chi connectivity index (χ0n) is 19.5. The molecule has 0 saturated heterocycles. The summed E-state index contributed by atoms with van der Waals surface area (Å²) in [4.78, 5) is 0. The fourth-order valence-electron chi connectivity index (χ4n) is 3.59. The topological polar surface area (TPSA) is 0 Å². The zero-order valence-corrected chi connectivity index (χ0v) is 19.5. The number of rotatable bonds is 7. The summed E-state index contributed by atoms with van der Waals surface area (Å²) in [5.41, 5.74) is 4.31. The molecular weight excluding hydrogens is 410 g/mol. The van der Waals surface area contributed by atoms with Gasteiger partial charge in [0.1, 0.15) is 11.6 Å². The second-order valence-corrected chi connectivity index (χ2v) is 8.26. The summed E-state index contributed by atoms with van der Waals surface area (Å²) in [5, 5.41) is 0. The van der Waals surface area contributed by atoms with E-state index in [2.05, 4.69) is 42.7 Å². The molecule has 0 aliphatic heterocycles. The molecule has 0 N–H and O–H groups in total. The highest BCUT2D eigenvalue weighted by Crippen LogP contribution is 2.14. The first-order chi connectivity index (χ1) is 16.1. The maximum absolute atomic E-state index is 14.5. The third-order valence-electron chi connectivity index (χ3n) is 5.51. The summed E-state index contributed by atoms with van der Waals surface area (Å²) in [6.45, 7) is 4.23. The summed E-state index contributed by atoms with van der Waals surface area (Å²) in [5.74, 6) is 11.1. The molecule has 0 nitrogen and oxygen atoms in total. The first-order valence-electron chi connectivity index (χ1n) is 11.8. The number of halogens is 2. The van der Waals surface area contributed by atoms with Gasteiger partial charge in [0, 0.05) is 16.7 Å². The van der Waals surface area contributed by atoms with Crippen molar-refractivity contribution in [2.24, 2.45) is 0 Å². The lowest BCUT2D eigenvalue weighted by Gasteiger charge is -2.01. The van der Waals surface area contributed by atoms with Gasteiger partial charge in [-0.15, -0.1) is 0 Å². The van der Waals surface area contributed by atoms with Crippen LogP contribution in [0.3, 0.4) is 0 Å². The Bertz CT molecular complexity index is 1180. The van der Waals surface area contributed by atoms with Gasteiger partial charge >= 0.3 is 0 Å². The van der Waals surface area contributed by atoms with Crippen LogP contribution in [-0.2, 0) is 12.8 Å². The van der Waals surface area contributed by atoms with Crippen molar-refractivity contribution in [1.29, 1.82) is 0 Å². The second kappa shape index (κ2) is 12.6. The van der Waals surface area contributed by atoms with Crippen LogP contribution in [-0.4, -0.2) is 0 Å². The van der Waals surface area contributed by atoms with E-state index in [1.54, 1.807) is 24.3 Å². The van der Waals surface area contributed by atoms with E-state index in [-0.39, 0.29) is 11.4 Å². The van der Waals surface area contributed by atoms with Crippen LogP contribution in [0.25, 0.3) is 0 Å². The Morgan fingerprint density at radius 1 is 0.576 bits per heavy atom. The molecule has 3 aromatic rings. The predicted molar refractivity (Wildman–Crippen MR) is 133 cm³/mol. The van der Waals surface area contributed by atoms with Gasteiger partial charge < -0.3 is 0 Å². The highest BCUT2D eigenvalue weighted by atomic mass is 19.1. The van der Waals surface area contributed by atoms with E-state index in [9.17, 15) is 8.78 Å². The first kappa shape index (κ1) is 24.3. The highest BCUT2D eigenvalue weighted by molar-refractivity contribution is 5.49. The van der Waals surface area contributed by atoms with E-state index >= 15 is 0 Å².